The summed E-state index contributed by atoms with van der Waals surface area (Å²) in [5.41, 5.74) is -0.344. The van der Waals surface area contributed by atoms with Gasteiger partial charge < -0.3 is 5.73 Å². The van der Waals surface area contributed by atoms with Gasteiger partial charge in [0.25, 0.3) is 0 Å². The fourth-order valence-corrected chi connectivity index (χ4v) is 1.72. The topological polar surface area (TPSA) is 87.0 Å². The van der Waals surface area contributed by atoms with Crippen molar-refractivity contribution in [2.45, 2.75) is 6.18 Å². The van der Waals surface area contributed by atoms with Crippen LogP contribution in [0.25, 0.3) is 5.69 Å². The Morgan fingerprint density at radius 1 is 1.09 bits per heavy atom. The average Bonchev–Trinajstić information content (AvgIpc) is 2.78. The zero-order chi connectivity index (χ0) is 17.7. The van der Waals surface area contributed by atoms with Crippen molar-refractivity contribution in [1.29, 1.82) is 0 Å². The number of hydrogen-bond donors (Lipinski definition) is 1. The number of rotatable bonds is 2. The fourth-order valence-electron chi connectivity index (χ4n) is 1.72. The number of benzene rings is 1. The van der Waals surface area contributed by atoms with E-state index in [1.54, 1.807) is 0 Å². The Balaban J connectivity index is 2.84. The van der Waals surface area contributed by atoms with Gasteiger partial charge in [-0.3, -0.25) is 10.1 Å². The lowest BCUT2D eigenvalue weighted by Crippen LogP contribution is -2.18. The van der Waals surface area contributed by atoms with Gasteiger partial charge in [-0.15, -0.1) is 0 Å². The van der Waals surface area contributed by atoms with Crippen LogP contribution in [0, 0.1) is 33.4 Å². The molecule has 2 rings (SSSR count). The molecule has 23 heavy (non-hydrogen) atoms. The summed E-state index contributed by atoms with van der Waals surface area (Å²) in [6, 6.07) is 0. The number of nitrogen functional groups attached to an aromatic ring is 1. The number of alkyl halides is 3. The van der Waals surface area contributed by atoms with Crippen molar-refractivity contribution in [3.05, 3.63) is 45.1 Å². The van der Waals surface area contributed by atoms with Gasteiger partial charge in [0.05, 0.1) is 4.92 Å². The van der Waals surface area contributed by atoms with Gasteiger partial charge in [0.1, 0.15) is 17.4 Å². The summed E-state index contributed by atoms with van der Waals surface area (Å²) in [6.45, 7) is 0. The molecule has 0 saturated carbocycles. The van der Waals surface area contributed by atoms with Gasteiger partial charge in [-0.1, -0.05) is 0 Å². The third-order valence-electron chi connectivity index (χ3n) is 2.72. The standard InChI is InChI=1S/C10H3F7N4O2/c11-4-3(10(15,16)17)5(12)7(14)8(6(4)13)20-9(18)2(1-19-20)21(22)23/h1H,18H2. The molecule has 0 aliphatic heterocycles. The zero-order valence-corrected chi connectivity index (χ0v) is 10.5. The summed E-state index contributed by atoms with van der Waals surface area (Å²) in [6.07, 6.45) is -5.31. The Bertz CT molecular complexity index is 786. The van der Waals surface area contributed by atoms with E-state index in [2.05, 4.69) is 5.10 Å². The number of anilines is 1. The number of hydrogen-bond acceptors (Lipinski definition) is 4. The van der Waals surface area contributed by atoms with Crippen molar-refractivity contribution in [3.8, 4) is 5.69 Å². The number of nitro groups is 1. The van der Waals surface area contributed by atoms with E-state index in [0.29, 0.717) is 6.20 Å². The third kappa shape index (κ3) is 2.43. The Kier molecular flexibility index (Phi) is 3.66. The molecule has 0 radical (unpaired) electrons. The second kappa shape index (κ2) is 5.10. The molecule has 1 aromatic heterocycles. The molecule has 124 valence electrons. The van der Waals surface area contributed by atoms with Crippen LogP contribution in [0.2, 0.25) is 0 Å². The summed E-state index contributed by atoms with van der Waals surface area (Å²) in [7, 11) is 0. The normalized spacial score (nSPS) is 11.8. The zero-order valence-electron chi connectivity index (χ0n) is 10.5. The number of nitrogens with two attached hydrogens (primary N) is 1. The molecule has 13 heteroatoms. The Labute approximate surface area is 121 Å². The number of aromatic nitrogens is 2. The van der Waals surface area contributed by atoms with Crippen molar-refractivity contribution >= 4 is 11.5 Å². The van der Waals surface area contributed by atoms with E-state index in [-0.39, 0.29) is 4.68 Å². The molecule has 0 aliphatic rings. The fraction of sp³-hybridized carbons (Fsp3) is 0.100. The molecule has 0 amide bonds. The van der Waals surface area contributed by atoms with Crippen LogP contribution < -0.4 is 5.73 Å². The maximum absolute atomic E-state index is 13.7. The van der Waals surface area contributed by atoms with Crippen LogP contribution in [0.15, 0.2) is 6.20 Å². The Hall–Kier alpha value is -2.86. The number of nitrogens with zero attached hydrogens (tertiary/aromatic N) is 3. The van der Waals surface area contributed by atoms with Crippen LogP contribution in [-0.2, 0) is 6.18 Å². The van der Waals surface area contributed by atoms with Crippen molar-refractivity contribution in [2.24, 2.45) is 0 Å². The van der Waals surface area contributed by atoms with Gasteiger partial charge in [-0.25, -0.2) is 22.2 Å². The molecule has 0 unspecified atom stereocenters. The van der Waals surface area contributed by atoms with Gasteiger partial charge in [0.15, 0.2) is 23.3 Å². The maximum atomic E-state index is 13.7. The first-order valence-corrected chi connectivity index (χ1v) is 5.39. The van der Waals surface area contributed by atoms with E-state index in [4.69, 9.17) is 5.73 Å². The quantitative estimate of drug-likeness (QED) is 0.393. The minimum atomic E-state index is -5.71. The van der Waals surface area contributed by atoms with E-state index >= 15 is 0 Å². The summed E-state index contributed by atoms with van der Waals surface area (Å²) < 4.78 is 91.6. The summed E-state index contributed by atoms with van der Waals surface area (Å²) in [5.74, 6) is -11.4. The van der Waals surface area contributed by atoms with Crippen LogP contribution in [0.4, 0.5) is 42.2 Å². The smallest absolute Gasteiger partial charge is 0.378 e. The van der Waals surface area contributed by atoms with Crippen LogP contribution in [0.5, 0.6) is 0 Å². The second-order valence-electron chi connectivity index (χ2n) is 4.06. The average molecular weight is 344 g/mol. The lowest BCUT2D eigenvalue weighted by molar-refractivity contribution is -0.383. The molecule has 0 atom stereocenters. The highest BCUT2D eigenvalue weighted by Gasteiger charge is 2.43. The molecule has 1 heterocycles. The van der Waals surface area contributed by atoms with Gasteiger partial charge in [-0.05, 0) is 0 Å². The predicted molar refractivity (Wildman–Crippen MR) is 59.5 cm³/mol. The first-order valence-electron chi connectivity index (χ1n) is 5.39. The van der Waals surface area contributed by atoms with Gasteiger partial charge >= 0.3 is 11.9 Å². The molecule has 1 aromatic carbocycles. The van der Waals surface area contributed by atoms with Crippen molar-refractivity contribution in [2.75, 3.05) is 5.73 Å². The Morgan fingerprint density at radius 3 is 1.91 bits per heavy atom. The minimum absolute atomic E-state index is 0.116. The van der Waals surface area contributed by atoms with Crippen LogP contribution >= 0.6 is 0 Å². The van der Waals surface area contributed by atoms with E-state index in [0.717, 1.165) is 0 Å². The van der Waals surface area contributed by atoms with Crippen molar-refractivity contribution < 1.29 is 35.7 Å². The van der Waals surface area contributed by atoms with Crippen molar-refractivity contribution in [1.82, 2.24) is 9.78 Å². The molecule has 2 N–H and O–H groups in total. The van der Waals surface area contributed by atoms with Crippen LogP contribution in [0.3, 0.4) is 0 Å². The molecule has 0 fully saturated rings. The lowest BCUT2D eigenvalue weighted by Gasteiger charge is -2.14. The summed E-state index contributed by atoms with van der Waals surface area (Å²) >= 11 is 0. The third-order valence-corrected chi connectivity index (χ3v) is 2.72. The van der Waals surface area contributed by atoms with E-state index in [1.807, 2.05) is 0 Å². The highest BCUT2D eigenvalue weighted by atomic mass is 19.4. The largest absolute Gasteiger partial charge is 0.422 e. The summed E-state index contributed by atoms with van der Waals surface area (Å²) in [4.78, 5) is 9.42. The van der Waals surface area contributed by atoms with E-state index in [1.165, 1.54) is 0 Å². The molecule has 6 nitrogen and oxygen atoms in total. The van der Waals surface area contributed by atoms with Crippen LogP contribution in [0.1, 0.15) is 5.56 Å². The highest BCUT2D eigenvalue weighted by Crippen LogP contribution is 2.38. The highest BCUT2D eigenvalue weighted by molar-refractivity contribution is 5.57. The van der Waals surface area contributed by atoms with Gasteiger partial charge in [0.2, 0.25) is 5.82 Å². The molecular formula is C10H3F7N4O2. The lowest BCUT2D eigenvalue weighted by atomic mass is 10.1. The van der Waals surface area contributed by atoms with Crippen LogP contribution in [-0.4, -0.2) is 14.7 Å². The molecule has 2 aromatic rings. The van der Waals surface area contributed by atoms with Gasteiger partial charge in [0, 0.05) is 0 Å². The molecule has 0 aliphatic carbocycles. The molecule has 0 bridgehead atoms. The monoisotopic (exact) mass is 344 g/mol. The SMILES string of the molecule is Nc1c([N+](=O)[O-])cnn1-c1c(F)c(F)c(C(F)(F)F)c(F)c1F. The van der Waals surface area contributed by atoms with Crippen molar-refractivity contribution in [3.63, 3.8) is 0 Å². The van der Waals surface area contributed by atoms with Gasteiger partial charge in [-0.2, -0.15) is 18.3 Å². The predicted octanol–water partition coefficient (Wildman–Crippen LogP) is 2.94. The number of halogens is 7. The van der Waals surface area contributed by atoms with E-state index in [9.17, 15) is 40.8 Å². The first kappa shape index (κ1) is 16.5. The maximum Gasteiger partial charge on any atom is 0.422 e. The Morgan fingerprint density at radius 2 is 1.57 bits per heavy atom. The molecule has 0 spiro atoms. The summed E-state index contributed by atoms with van der Waals surface area (Å²) in [5, 5.41) is 13.6. The van der Waals surface area contributed by atoms with E-state index < -0.39 is 57.1 Å². The molecular weight excluding hydrogens is 341 g/mol. The molecule has 0 saturated heterocycles. The first-order chi connectivity index (χ1) is 10.5. The second-order valence-corrected chi connectivity index (χ2v) is 4.06. The minimum Gasteiger partial charge on any atom is -0.378 e.